The van der Waals surface area contributed by atoms with Crippen LogP contribution in [0.4, 0.5) is 0 Å². The number of phenolic OH excluding ortho intramolecular Hbond substituents is 2. The van der Waals surface area contributed by atoms with Gasteiger partial charge >= 0.3 is 5.63 Å². The summed E-state index contributed by atoms with van der Waals surface area (Å²) in [5.41, 5.74) is -0.0351. The fourth-order valence-corrected chi connectivity index (χ4v) is 1.70. The second kappa shape index (κ2) is 6.65. The highest BCUT2D eigenvalue weighted by Gasteiger charge is 2.13. The van der Waals surface area contributed by atoms with Crippen molar-refractivity contribution in [2.24, 2.45) is 0 Å². The number of ether oxygens (including phenoxy) is 1. The van der Waals surface area contributed by atoms with Crippen LogP contribution in [0.1, 0.15) is 19.4 Å². The third-order valence-corrected chi connectivity index (χ3v) is 2.63. The van der Waals surface area contributed by atoms with Crippen LogP contribution in [-0.2, 0) is 11.2 Å². The fourth-order valence-electron chi connectivity index (χ4n) is 1.70. The first-order valence-electron chi connectivity index (χ1n) is 6.22. The van der Waals surface area contributed by atoms with E-state index in [0.29, 0.717) is 23.1 Å². The number of methoxy groups -OCH3 is 1. The molecule has 1 aromatic heterocycles. The van der Waals surface area contributed by atoms with Gasteiger partial charge in [0, 0.05) is 17.9 Å². The predicted molar refractivity (Wildman–Crippen MR) is 77.0 cm³/mol. The van der Waals surface area contributed by atoms with Crippen molar-refractivity contribution in [3.63, 3.8) is 0 Å². The fraction of sp³-hybridized carbons (Fsp3) is 0.267. The van der Waals surface area contributed by atoms with E-state index in [1.165, 1.54) is 19.2 Å². The largest absolute Gasteiger partial charge is 0.504 e. The van der Waals surface area contributed by atoms with Crippen molar-refractivity contribution in [3.05, 3.63) is 46.5 Å². The van der Waals surface area contributed by atoms with Crippen molar-refractivity contribution in [3.8, 4) is 11.5 Å². The van der Waals surface area contributed by atoms with Gasteiger partial charge in [-0.3, -0.25) is 0 Å². The number of benzene rings is 1. The third kappa shape index (κ3) is 3.12. The molecule has 1 aromatic carbocycles. The molecule has 2 N–H and O–H groups in total. The molecule has 5 heteroatoms. The highest BCUT2D eigenvalue weighted by molar-refractivity contribution is 5.87. The molecule has 0 fully saturated rings. The molecule has 0 aliphatic heterocycles. The molecule has 1 heterocycles. The van der Waals surface area contributed by atoms with Gasteiger partial charge in [-0.25, -0.2) is 4.79 Å². The molecule has 0 saturated heterocycles. The summed E-state index contributed by atoms with van der Waals surface area (Å²) >= 11 is 0. The number of fused-ring (bicyclic) bond motifs is 1. The van der Waals surface area contributed by atoms with Gasteiger partial charge in [-0.15, -0.1) is 0 Å². The lowest BCUT2D eigenvalue weighted by Gasteiger charge is -2.08. The van der Waals surface area contributed by atoms with Crippen LogP contribution < -0.4 is 5.63 Å². The van der Waals surface area contributed by atoms with Gasteiger partial charge in [-0.1, -0.05) is 20.4 Å². The van der Waals surface area contributed by atoms with Gasteiger partial charge in [-0.2, -0.15) is 0 Å². The van der Waals surface area contributed by atoms with Gasteiger partial charge in [0.15, 0.2) is 11.3 Å². The summed E-state index contributed by atoms with van der Waals surface area (Å²) in [4.78, 5) is 11.4. The van der Waals surface area contributed by atoms with Crippen LogP contribution in [-0.4, -0.2) is 17.3 Å². The molecule has 0 unspecified atom stereocenters. The average Bonchev–Trinajstić information content (AvgIpc) is 2.45. The van der Waals surface area contributed by atoms with E-state index < -0.39 is 11.4 Å². The molecule has 0 amide bonds. The van der Waals surface area contributed by atoms with Crippen molar-refractivity contribution in [2.75, 3.05) is 7.11 Å². The molecule has 0 aliphatic carbocycles. The Morgan fingerprint density at radius 2 is 2.00 bits per heavy atom. The van der Waals surface area contributed by atoms with Crippen molar-refractivity contribution in [1.29, 1.82) is 0 Å². The molecule has 108 valence electrons. The minimum absolute atomic E-state index is 0.0404. The van der Waals surface area contributed by atoms with Crippen LogP contribution >= 0.6 is 0 Å². The van der Waals surface area contributed by atoms with E-state index in [-0.39, 0.29) is 11.3 Å². The molecule has 0 saturated carbocycles. The molecule has 2 aromatic rings. The number of allylic oxidation sites excluding steroid dienone is 1. The molecular formula is C15H18O5. The van der Waals surface area contributed by atoms with Gasteiger partial charge in [0.2, 0.25) is 5.75 Å². The van der Waals surface area contributed by atoms with Crippen LogP contribution in [0, 0.1) is 0 Å². The summed E-state index contributed by atoms with van der Waals surface area (Å²) in [5, 5.41) is 19.6. The number of aromatic hydroxyl groups is 2. The van der Waals surface area contributed by atoms with Gasteiger partial charge in [0.1, 0.15) is 0 Å². The predicted octanol–water partition coefficient (Wildman–Crippen LogP) is 2.93. The summed E-state index contributed by atoms with van der Waals surface area (Å²) in [6.45, 7) is 7.68. The Bertz CT molecular complexity index is 670. The van der Waals surface area contributed by atoms with Crippen LogP contribution in [0.3, 0.4) is 0 Å². The monoisotopic (exact) mass is 278 g/mol. The first-order valence-corrected chi connectivity index (χ1v) is 6.22. The average molecular weight is 278 g/mol. The van der Waals surface area contributed by atoms with E-state index >= 15 is 0 Å². The number of hydrogen-bond acceptors (Lipinski definition) is 5. The van der Waals surface area contributed by atoms with Crippen LogP contribution in [0.5, 0.6) is 11.5 Å². The molecule has 0 radical (unpaired) electrons. The SMILES string of the molecule is C=C(Cc1cc(=O)oc2c(O)c(O)ccc12)OC.CC. The number of rotatable bonds is 3. The zero-order valence-corrected chi connectivity index (χ0v) is 11.8. The quantitative estimate of drug-likeness (QED) is 0.512. The maximum absolute atomic E-state index is 11.4. The van der Waals surface area contributed by atoms with Crippen molar-refractivity contribution < 1.29 is 19.4 Å². The molecule has 5 nitrogen and oxygen atoms in total. The lowest BCUT2D eigenvalue weighted by molar-refractivity contribution is 0.285. The second-order valence-corrected chi connectivity index (χ2v) is 3.82. The summed E-state index contributed by atoms with van der Waals surface area (Å²) in [5.74, 6) is -0.308. The first-order chi connectivity index (χ1) is 9.52. The maximum Gasteiger partial charge on any atom is 0.336 e. The molecule has 20 heavy (non-hydrogen) atoms. The normalized spacial score (nSPS) is 9.75. The van der Waals surface area contributed by atoms with E-state index in [1.807, 2.05) is 13.8 Å². The molecule has 0 spiro atoms. The topological polar surface area (TPSA) is 79.9 Å². The van der Waals surface area contributed by atoms with E-state index in [2.05, 4.69) is 6.58 Å². The Morgan fingerprint density at radius 1 is 1.35 bits per heavy atom. The molecule has 0 atom stereocenters. The second-order valence-electron chi connectivity index (χ2n) is 3.82. The Hall–Kier alpha value is -2.43. The van der Waals surface area contributed by atoms with Crippen molar-refractivity contribution in [1.82, 2.24) is 0 Å². The summed E-state index contributed by atoms with van der Waals surface area (Å²) < 4.78 is 9.85. The number of phenols is 2. The van der Waals surface area contributed by atoms with E-state index in [4.69, 9.17) is 9.15 Å². The van der Waals surface area contributed by atoms with Gasteiger partial charge in [0.05, 0.1) is 12.9 Å². The Kier molecular flexibility index (Phi) is 5.20. The smallest absolute Gasteiger partial charge is 0.336 e. The minimum Gasteiger partial charge on any atom is -0.504 e. The lowest BCUT2D eigenvalue weighted by atomic mass is 10.1. The van der Waals surface area contributed by atoms with Gasteiger partial charge < -0.3 is 19.4 Å². The van der Waals surface area contributed by atoms with E-state index in [0.717, 1.165) is 0 Å². The Morgan fingerprint density at radius 3 is 2.60 bits per heavy atom. The maximum atomic E-state index is 11.4. The highest BCUT2D eigenvalue weighted by atomic mass is 16.5. The third-order valence-electron chi connectivity index (χ3n) is 2.63. The summed E-state index contributed by atoms with van der Waals surface area (Å²) in [6.07, 6.45) is 0.322. The first kappa shape index (κ1) is 15.6. The number of hydrogen-bond donors (Lipinski definition) is 2. The molecule has 0 bridgehead atoms. The Balaban J connectivity index is 0.000000956. The van der Waals surface area contributed by atoms with Crippen LogP contribution in [0.2, 0.25) is 0 Å². The summed E-state index contributed by atoms with van der Waals surface area (Å²) in [7, 11) is 1.49. The zero-order valence-electron chi connectivity index (χ0n) is 11.8. The van der Waals surface area contributed by atoms with Gasteiger partial charge in [-0.05, 0) is 17.7 Å². The van der Waals surface area contributed by atoms with Gasteiger partial charge in [0.25, 0.3) is 0 Å². The summed E-state index contributed by atoms with van der Waals surface area (Å²) in [6, 6.07) is 4.20. The van der Waals surface area contributed by atoms with Crippen LogP contribution in [0.15, 0.2) is 39.7 Å². The molecule has 2 rings (SSSR count). The van der Waals surface area contributed by atoms with Crippen molar-refractivity contribution in [2.45, 2.75) is 20.3 Å². The minimum atomic E-state index is -0.609. The van der Waals surface area contributed by atoms with E-state index in [1.54, 1.807) is 6.07 Å². The van der Waals surface area contributed by atoms with E-state index in [9.17, 15) is 15.0 Å². The molecule has 0 aliphatic rings. The lowest BCUT2D eigenvalue weighted by Crippen LogP contribution is -2.02. The Labute approximate surface area is 116 Å². The standard InChI is InChI=1S/C13H12O5.C2H6/c1-7(17-2)5-8-6-11(15)18-13-9(8)3-4-10(14)12(13)16;1-2/h3-4,6,14,16H,1,5H2,2H3;1-2H3. The van der Waals surface area contributed by atoms with Crippen molar-refractivity contribution >= 4 is 11.0 Å². The van der Waals surface area contributed by atoms with Crippen LogP contribution in [0.25, 0.3) is 11.0 Å². The molecular weight excluding hydrogens is 260 g/mol. The highest BCUT2D eigenvalue weighted by Crippen LogP contribution is 2.34. The zero-order chi connectivity index (χ0) is 15.3.